The van der Waals surface area contributed by atoms with Crippen molar-refractivity contribution in [3.63, 3.8) is 0 Å². The van der Waals surface area contributed by atoms with Gasteiger partial charge in [-0.05, 0) is 41.0 Å². The number of thiocarbonyl (C=S) groups is 1. The summed E-state index contributed by atoms with van der Waals surface area (Å²) in [7, 11) is 0. The fourth-order valence-corrected chi connectivity index (χ4v) is 2.06. The van der Waals surface area contributed by atoms with E-state index in [2.05, 4.69) is 10.6 Å². The average Bonchev–Trinajstić information content (AvgIpc) is 2.52. The Kier molecular flexibility index (Phi) is 5.75. The van der Waals surface area contributed by atoms with E-state index in [1.807, 2.05) is 24.3 Å². The average molecular weight is 334 g/mol. The van der Waals surface area contributed by atoms with E-state index in [4.69, 9.17) is 23.8 Å². The smallest absolute Gasteiger partial charge is 0.166 e. The molecule has 0 aliphatic carbocycles. The van der Waals surface area contributed by atoms with Crippen LogP contribution in [0.3, 0.4) is 0 Å². The number of nitrogens with one attached hydrogen (secondary N) is 2. The Hall–Kier alpha value is -2.11. The number of carbonyl (C=O) groups excluding carboxylic acids is 1. The van der Waals surface area contributed by atoms with Gasteiger partial charge in [0, 0.05) is 18.1 Å². The largest absolute Gasteiger partial charge is 0.545 e. The molecule has 0 aromatic heterocycles. The van der Waals surface area contributed by atoms with Crippen molar-refractivity contribution < 1.29 is 9.90 Å². The third kappa shape index (κ3) is 5.02. The Bertz CT molecular complexity index is 657. The van der Waals surface area contributed by atoms with E-state index < -0.39 is 5.97 Å². The van der Waals surface area contributed by atoms with Gasteiger partial charge in [-0.1, -0.05) is 48.0 Å². The van der Waals surface area contributed by atoms with Gasteiger partial charge in [-0.25, -0.2) is 0 Å². The van der Waals surface area contributed by atoms with Crippen LogP contribution < -0.4 is 15.7 Å². The Morgan fingerprint density at radius 3 is 1.86 bits per heavy atom. The van der Waals surface area contributed by atoms with Gasteiger partial charge in [0.15, 0.2) is 5.11 Å². The van der Waals surface area contributed by atoms with Crippen LogP contribution in [0.25, 0.3) is 0 Å². The first kappa shape index (κ1) is 16.3. The highest BCUT2D eigenvalue weighted by Gasteiger charge is 1.99. The van der Waals surface area contributed by atoms with Crippen LogP contribution in [0.4, 0.5) is 0 Å². The van der Waals surface area contributed by atoms with E-state index in [0.717, 1.165) is 11.1 Å². The van der Waals surface area contributed by atoms with E-state index in [-0.39, 0.29) is 5.56 Å². The third-order valence-electron chi connectivity index (χ3n) is 3.01. The topological polar surface area (TPSA) is 64.2 Å². The van der Waals surface area contributed by atoms with Crippen molar-refractivity contribution in [2.45, 2.75) is 13.1 Å². The van der Waals surface area contributed by atoms with Gasteiger partial charge in [-0.2, -0.15) is 0 Å². The van der Waals surface area contributed by atoms with E-state index in [0.29, 0.717) is 23.2 Å². The Balaban J connectivity index is 1.77. The number of halogens is 1. The SMILES string of the molecule is O=C([O-])c1ccc(CNC(=S)NCc2ccc(Cl)cc2)cc1. The first-order valence-electron chi connectivity index (χ1n) is 6.61. The van der Waals surface area contributed by atoms with E-state index >= 15 is 0 Å². The molecule has 22 heavy (non-hydrogen) atoms. The maximum absolute atomic E-state index is 10.7. The molecule has 0 bridgehead atoms. The van der Waals surface area contributed by atoms with Crippen LogP contribution in [0, 0.1) is 0 Å². The Labute approximate surface area is 139 Å². The van der Waals surface area contributed by atoms with Gasteiger partial charge in [0.25, 0.3) is 0 Å². The molecule has 2 rings (SSSR count). The molecule has 6 heteroatoms. The number of carboxylic acids is 1. The number of rotatable bonds is 5. The van der Waals surface area contributed by atoms with Crippen molar-refractivity contribution in [1.82, 2.24) is 10.6 Å². The summed E-state index contributed by atoms with van der Waals surface area (Å²) in [5.74, 6) is -1.18. The molecule has 0 saturated heterocycles. The van der Waals surface area contributed by atoms with Crippen LogP contribution in [-0.4, -0.2) is 11.1 Å². The number of aromatic carboxylic acids is 1. The number of carboxylic acid groups (broad SMARTS) is 1. The first-order valence-corrected chi connectivity index (χ1v) is 7.39. The van der Waals surface area contributed by atoms with Gasteiger partial charge in [0.1, 0.15) is 0 Å². The molecule has 4 nitrogen and oxygen atoms in total. The molecule has 2 N–H and O–H groups in total. The van der Waals surface area contributed by atoms with Crippen LogP contribution >= 0.6 is 23.8 Å². The predicted molar refractivity (Wildman–Crippen MR) is 88.5 cm³/mol. The highest BCUT2D eigenvalue weighted by Crippen LogP contribution is 2.09. The molecule has 2 aromatic carbocycles. The fraction of sp³-hybridized carbons (Fsp3) is 0.125. The molecule has 114 valence electrons. The standard InChI is InChI=1S/C16H15ClN2O2S/c17-14-7-3-12(4-8-14)10-19-16(22)18-9-11-1-5-13(6-2-11)15(20)21/h1-8H,9-10H2,(H,20,21)(H2,18,19,22)/p-1. The summed E-state index contributed by atoms with van der Waals surface area (Å²) in [4.78, 5) is 10.7. The molecular weight excluding hydrogens is 320 g/mol. The van der Waals surface area contributed by atoms with Crippen LogP contribution in [0.5, 0.6) is 0 Å². The van der Waals surface area contributed by atoms with E-state index in [1.54, 1.807) is 12.1 Å². The quantitative estimate of drug-likeness (QED) is 0.818. The number of benzene rings is 2. The molecule has 0 spiro atoms. The zero-order valence-corrected chi connectivity index (χ0v) is 13.2. The normalized spacial score (nSPS) is 10.0. The van der Waals surface area contributed by atoms with Crippen LogP contribution in [0.15, 0.2) is 48.5 Å². The number of carbonyl (C=O) groups is 1. The van der Waals surface area contributed by atoms with Crippen molar-refractivity contribution in [2.24, 2.45) is 0 Å². The van der Waals surface area contributed by atoms with E-state index in [9.17, 15) is 9.90 Å². The lowest BCUT2D eigenvalue weighted by atomic mass is 10.1. The van der Waals surface area contributed by atoms with Crippen molar-refractivity contribution >= 4 is 34.9 Å². The van der Waals surface area contributed by atoms with Gasteiger partial charge in [-0.15, -0.1) is 0 Å². The molecule has 0 saturated carbocycles. The van der Waals surface area contributed by atoms with Crippen LogP contribution in [0.2, 0.25) is 5.02 Å². The van der Waals surface area contributed by atoms with Crippen LogP contribution in [0.1, 0.15) is 21.5 Å². The molecule has 0 amide bonds. The minimum atomic E-state index is -1.18. The highest BCUT2D eigenvalue weighted by atomic mass is 35.5. The van der Waals surface area contributed by atoms with Crippen molar-refractivity contribution in [2.75, 3.05) is 0 Å². The number of hydrogen-bond donors (Lipinski definition) is 2. The molecule has 0 fully saturated rings. The van der Waals surface area contributed by atoms with Crippen molar-refractivity contribution in [3.8, 4) is 0 Å². The summed E-state index contributed by atoms with van der Waals surface area (Å²) >= 11 is 11.0. The fourth-order valence-electron chi connectivity index (χ4n) is 1.79. The van der Waals surface area contributed by atoms with Gasteiger partial charge < -0.3 is 20.5 Å². The monoisotopic (exact) mass is 333 g/mol. The second-order valence-electron chi connectivity index (χ2n) is 4.65. The lowest BCUT2D eigenvalue weighted by Gasteiger charge is -2.11. The summed E-state index contributed by atoms with van der Waals surface area (Å²) in [6, 6.07) is 14.0. The van der Waals surface area contributed by atoms with Gasteiger partial charge >= 0.3 is 0 Å². The molecule has 0 radical (unpaired) electrons. The maximum atomic E-state index is 10.7. The second kappa shape index (κ2) is 7.77. The van der Waals surface area contributed by atoms with Gasteiger partial charge in [0.05, 0.1) is 5.97 Å². The molecule has 0 heterocycles. The first-order chi connectivity index (χ1) is 10.5. The minimum Gasteiger partial charge on any atom is -0.545 e. The number of hydrogen-bond acceptors (Lipinski definition) is 3. The van der Waals surface area contributed by atoms with Gasteiger partial charge in [-0.3, -0.25) is 0 Å². The molecule has 0 atom stereocenters. The predicted octanol–water partition coefficient (Wildman–Crippen LogP) is 1.87. The Morgan fingerprint density at radius 2 is 1.41 bits per heavy atom. The maximum Gasteiger partial charge on any atom is 0.166 e. The Morgan fingerprint density at radius 1 is 0.955 bits per heavy atom. The summed E-state index contributed by atoms with van der Waals surface area (Å²) < 4.78 is 0. The molecule has 2 aromatic rings. The molecule has 0 aliphatic heterocycles. The lowest BCUT2D eigenvalue weighted by molar-refractivity contribution is -0.255. The molecule has 0 unspecified atom stereocenters. The van der Waals surface area contributed by atoms with Crippen molar-refractivity contribution in [3.05, 3.63) is 70.2 Å². The van der Waals surface area contributed by atoms with Crippen molar-refractivity contribution in [1.29, 1.82) is 0 Å². The van der Waals surface area contributed by atoms with Gasteiger partial charge in [0.2, 0.25) is 0 Å². The summed E-state index contributed by atoms with van der Waals surface area (Å²) in [6.45, 7) is 1.12. The second-order valence-corrected chi connectivity index (χ2v) is 5.49. The van der Waals surface area contributed by atoms with E-state index in [1.165, 1.54) is 12.1 Å². The third-order valence-corrected chi connectivity index (χ3v) is 3.55. The zero-order chi connectivity index (χ0) is 15.9. The van der Waals surface area contributed by atoms with Crippen LogP contribution in [-0.2, 0) is 13.1 Å². The zero-order valence-electron chi connectivity index (χ0n) is 11.6. The molecule has 0 aliphatic rings. The summed E-state index contributed by atoms with van der Waals surface area (Å²) in [5, 5.41) is 18.0. The molecular formula is C16H14ClN2O2S-. The lowest BCUT2D eigenvalue weighted by Crippen LogP contribution is -2.34. The summed E-state index contributed by atoms with van der Waals surface area (Å²) in [6.07, 6.45) is 0. The minimum absolute atomic E-state index is 0.159. The highest BCUT2D eigenvalue weighted by molar-refractivity contribution is 7.80. The summed E-state index contributed by atoms with van der Waals surface area (Å²) in [5.41, 5.74) is 2.17.